The lowest BCUT2D eigenvalue weighted by Crippen LogP contribution is -2.59. The van der Waals surface area contributed by atoms with E-state index in [9.17, 15) is 0 Å². The van der Waals surface area contributed by atoms with Crippen molar-refractivity contribution in [3.8, 4) is 0 Å². The molecule has 8 nitrogen and oxygen atoms in total. The van der Waals surface area contributed by atoms with E-state index in [1.165, 1.54) is 64.5 Å². The van der Waals surface area contributed by atoms with Crippen molar-refractivity contribution in [2.75, 3.05) is 26.2 Å². The second kappa shape index (κ2) is 13.3. The Bertz CT molecular complexity index is 824. The van der Waals surface area contributed by atoms with Gasteiger partial charge in [0.1, 0.15) is 24.5 Å². The zero-order chi connectivity index (χ0) is 22.1. The summed E-state index contributed by atoms with van der Waals surface area (Å²) in [6, 6.07) is 3.89. The van der Waals surface area contributed by atoms with Crippen LogP contribution in [0.2, 0.25) is 0 Å². The number of furan rings is 1. The zero-order valence-electron chi connectivity index (χ0n) is 20.0. The van der Waals surface area contributed by atoms with Gasteiger partial charge in [-0.1, -0.05) is 32.6 Å². The quantitative estimate of drug-likeness (QED) is 0.270. The van der Waals surface area contributed by atoms with E-state index in [0.29, 0.717) is 6.54 Å². The van der Waals surface area contributed by atoms with Crippen LogP contribution < -0.4 is 10.6 Å². The highest BCUT2D eigenvalue weighted by Crippen LogP contribution is 2.35. The molecule has 0 unspecified atom stereocenters. The van der Waals surface area contributed by atoms with Crippen LogP contribution in [-0.4, -0.2) is 57.3 Å². The summed E-state index contributed by atoms with van der Waals surface area (Å²) >= 11 is 0. The van der Waals surface area contributed by atoms with Gasteiger partial charge in [0.25, 0.3) is 0 Å². The van der Waals surface area contributed by atoms with Gasteiger partial charge < -0.3 is 19.6 Å². The average molecular weight is 570 g/mol. The van der Waals surface area contributed by atoms with Crippen molar-refractivity contribution in [1.29, 1.82) is 0 Å². The highest BCUT2D eigenvalue weighted by atomic mass is 127. The molecule has 0 amide bonds. The molecule has 2 aromatic heterocycles. The van der Waals surface area contributed by atoms with Gasteiger partial charge in [0.05, 0.1) is 6.26 Å². The van der Waals surface area contributed by atoms with Crippen molar-refractivity contribution >= 4 is 29.9 Å². The lowest BCUT2D eigenvalue weighted by Gasteiger charge is -2.48. The number of aliphatic imine (C=N–C) groups is 1. The van der Waals surface area contributed by atoms with Crippen LogP contribution in [0.1, 0.15) is 69.9 Å². The van der Waals surface area contributed by atoms with Gasteiger partial charge >= 0.3 is 0 Å². The SMILES string of the molecule is CCc1nncn1CCNC(=NCc1ccco1)NCC1(N2CCCCC2)CCCCC1.I. The molecule has 33 heavy (non-hydrogen) atoms. The Morgan fingerprint density at radius 1 is 1.12 bits per heavy atom. The molecule has 2 N–H and O–H groups in total. The summed E-state index contributed by atoms with van der Waals surface area (Å²) in [4.78, 5) is 7.61. The molecule has 0 bridgehead atoms. The molecule has 4 rings (SSSR count). The smallest absolute Gasteiger partial charge is 0.191 e. The second-order valence-electron chi connectivity index (χ2n) is 9.15. The molecule has 3 heterocycles. The molecular weight excluding hydrogens is 529 g/mol. The molecule has 0 aromatic carbocycles. The molecule has 2 fully saturated rings. The lowest BCUT2D eigenvalue weighted by atomic mass is 9.79. The molecule has 2 aromatic rings. The maximum absolute atomic E-state index is 5.50. The van der Waals surface area contributed by atoms with Crippen LogP contribution in [0.15, 0.2) is 34.1 Å². The van der Waals surface area contributed by atoms with Gasteiger partial charge in [0, 0.05) is 31.6 Å². The summed E-state index contributed by atoms with van der Waals surface area (Å²) in [5, 5.41) is 15.5. The first-order chi connectivity index (χ1) is 15.8. The van der Waals surface area contributed by atoms with E-state index in [2.05, 4.69) is 37.2 Å². The van der Waals surface area contributed by atoms with E-state index >= 15 is 0 Å². The van der Waals surface area contributed by atoms with Crippen LogP contribution in [0.4, 0.5) is 0 Å². The maximum atomic E-state index is 5.50. The Hall–Kier alpha value is -1.62. The third-order valence-electron chi connectivity index (χ3n) is 7.03. The molecule has 1 saturated heterocycles. The number of aryl methyl sites for hydroxylation is 1. The van der Waals surface area contributed by atoms with E-state index in [4.69, 9.17) is 9.41 Å². The minimum Gasteiger partial charge on any atom is -0.467 e. The molecule has 1 aliphatic carbocycles. The fraction of sp³-hybridized carbons (Fsp3) is 0.708. The maximum Gasteiger partial charge on any atom is 0.191 e. The predicted molar refractivity (Wildman–Crippen MR) is 142 cm³/mol. The van der Waals surface area contributed by atoms with Crippen molar-refractivity contribution in [3.05, 3.63) is 36.3 Å². The monoisotopic (exact) mass is 569 g/mol. The molecule has 9 heteroatoms. The van der Waals surface area contributed by atoms with Crippen molar-refractivity contribution < 1.29 is 4.42 Å². The second-order valence-corrected chi connectivity index (χ2v) is 9.15. The number of hydrogen-bond acceptors (Lipinski definition) is 5. The summed E-state index contributed by atoms with van der Waals surface area (Å²) in [7, 11) is 0. The third-order valence-corrected chi connectivity index (χ3v) is 7.03. The van der Waals surface area contributed by atoms with Crippen LogP contribution in [-0.2, 0) is 19.5 Å². The van der Waals surface area contributed by atoms with Gasteiger partial charge in [-0.15, -0.1) is 34.2 Å². The number of hydrogen-bond donors (Lipinski definition) is 2. The molecule has 0 spiro atoms. The van der Waals surface area contributed by atoms with E-state index in [0.717, 1.165) is 43.6 Å². The van der Waals surface area contributed by atoms with Gasteiger partial charge in [-0.05, 0) is 50.9 Å². The number of halogens is 1. The first-order valence-corrected chi connectivity index (χ1v) is 12.5. The number of rotatable bonds is 9. The summed E-state index contributed by atoms with van der Waals surface area (Å²) in [5.41, 5.74) is 0.259. The Labute approximate surface area is 215 Å². The number of likely N-dealkylation sites (tertiary alicyclic amines) is 1. The van der Waals surface area contributed by atoms with Crippen molar-refractivity contribution in [2.24, 2.45) is 4.99 Å². The molecule has 0 radical (unpaired) electrons. The normalized spacial score (nSPS) is 19.1. The summed E-state index contributed by atoms with van der Waals surface area (Å²) in [6.07, 6.45) is 15.0. The van der Waals surface area contributed by atoms with Crippen LogP contribution in [0.3, 0.4) is 0 Å². The first-order valence-electron chi connectivity index (χ1n) is 12.5. The van der Waals surface area contributed by atoms with Gasteiger partial charge in [-0.3, -0.25) is 4.90 Å². The van der Waals surface area contributed by atoms with E-state index in [-0.39, 0.29) is 29.5 Å². The highest BCUT2D eigenvalue weighted by Gasteiger charge is 2.38. The van der Waals surface area contributed by atoms with Gasteiger partial charge in [0.15, 0.2) is 5.96 Å². The number of aromatic nitrogens is 3. The van der Waals surface area contributed by atoms with Crippen LogP contribution in [0.25, 0.3) is 0 Å². The minimum atomic E-state index is 0. The molecule has 184 valence electrons. The lowest BCUT2D eigenvalue weighted by molar-refractivity contribution is 0.0368. The van der Waals surface area contributed by atoms with Crippen LogP contribution in [0.5, 0.6) is 0 Å². The molecule has 0 atom stereocenters. The standard InChI is InChI=1S/C24H39N7O.HI/c1-2-22-29-28-20-30(22)16-13-25-23(26-18-21-10-9-17-32-21)27-19-24(11-5-3-6-12-24)31-14-7-4-8-15-31;/h9-10,17,20H,2-8,11-16,18-19H2,1H3,(H2,25,26,27);1H. The Morgan fingerprint density at radius 3 is 2.64 bits per heavy atom. The average Bonchev–Trinajstić information content (AvgIpc) is 3.53. The van der Waals surface area contributed by atoms with Crippen molar-refractivity contribution in [2.45, 2.75) is 83.3 Å². The highest BCUT2D eigenvalue weighted by molar-refractivity contribution is 14.0. The van der Waals surface area contributed by atoms with Gasteiger partial charge in [-0.25, -0.2) is 4.99 Å². The van der Waals surface area contributed by atoms with E-state index < -0.39 is 0 Å². The van der Waals surface area contributed by atoms with E-state index in [1.807, 2.05) is 12.1 Å². The zero-order valence-corrected chi connectivity index (χ0v) is 22.3. The Morgan fingerprint density at radius 2 is 1.91 bits per heavy atom. The number of piperidine rings is 1. The number of guanidine groups is 1. The molecule has 1 aliphatic heterocycles. The van der Waals surface area contributed by atoms with Crippen molar-refractivity contribution in [3.63, 3.8) is 0 Å². The number of nitrogens with one attached hydrogen (secondary N) is 2. The van der Waals surface area contributed by atoms with Gasteiger partial charge in [0.2, 0.25) is 0 Å². The van der Waals surface area contributed by atoms with Crippen molar-refractivity contribution in [1.82, 2.24) is 30.3 Å². The topological polar surface area (TPSA) is 83.5 Å². The summed E-state index contributed by atoms with van der Waals surface area (Å²) < 4.78 is 7.60. The predicted octanol–water partition coefficient (Wildman–Crippen LogP) is 3.98. The largest absolute Gasteiger partial charge is 0.467 e. The Kier molecular flexibility index (Phi) is 10.5. The van der Waals surface area contributed by atoms with E-state index in [1.54, 1.807) is 12.6 Å². The van der Waals surface area contributed by atoms with Gasteiger partial charge in [-0.2, -0.15) is 0 Å². The summed E-state index contributed by atoms with van der Waals surface area (Å²) in [6.45, 7) is 7.65. The van der Waals surface area contributed by atoms with Crippen LogP contribution >= 0.6 is 24.0 Å². The molecular formula is C24H40IN7O. The fourth-order valence-corrected chi connectivity index (χ4v) is 5.20. The Balaban J connectivity index is 0.00000306. The fourth-order valence-electron chi connectivity index (χ4n) is 5.20. The third kappa shape index (κ3) is 7.18. The summed E-state index contributed by atoms with van der Waals surface area (Å²) in [5.74, 6) is 2.75. The minimum absolute atomic E-state index is 0. The first kappa shape index (κ1) is 26.0. The molecule has 1 saturated carbocycles. The van der Waals surface area contributed by atoms with Crippen LogP contribution in [0, 0.1) is 0 Å². The molecule has 2 aliphatic rings. The number of nitrogens with zero attached hydrogens (tertiary/aromatic N) is 5.